The molecule has 4 rings (SSSR count). The molecule has 1 aliphatic heterocycles. The predicted molar refractivity (Wildman–Crippen MR) is 121 cm³/mol. The highest BCUT2D eigenvalue weighted by Gasteiger charge is 2.32. The second-order valence-corrected chi connectivity index (χ2v) is 7.92. The van der Waals surface area contributed by atoms with Crippen LogP contribution in [0.25, 0.3) is 0 Å². The van der Waals surface area contributed by atoms with Gasteiger partial charge in [0.15, 0.2) is 5.76 Å². The van der Waals surface area contributed by atoms with Crippen LogP contribution in [0.4, 0.5) is 4.39 Å². The van der Waals surface area contributed by atoms with Gasteiger partial charge in [-0.3, -0.25) is 9.59 Å². The molecule has 1 aliphatic rings. The van der Waals surface area contributed by atoms with Crippen LogP contribution < -0.4 is 10.1 Å². The molecule has 33 heavy (non-hydrogen) atoms. The fraction of sp³-hybridized carbons (Fsp3) is 0.308. The summed E-state index contributed by atoms with van der Waals surface area (Å²) in [7, 11) is 0. The van der Waals surface area contributed by atoms with Crippen LogP contribution in [0.1, 0.15) is 59.3 Å². The molecular weight excluding hydrogens is 423 g/mol. The fourth-order valence-corrected chi connectivity index (χ4v) is 4.17. The van der Waals surface area contributed by atoms with Gasteiger partial charge in [-0.15, -0.1) is 0 Å². The smallest absolute Gasteiger partial charge is 0.286 e. The first kappa shape index (κ1) is 22.6. The van der Waals surface area contributed by atoms with Crippen molar-refractivity contribution in [3.05, 3.63) is 88.6 Å². The number of hydrogen-bond donors (Lipinski definition) is 1. The second-order valence-electron chi connectivity index (χ2n) is 7.92. The lowest BCUT2D eigenvalue weighted by Crippen LogP contribution is -2.40. The second kappa shape index (κ2) is 9.90. The van der Waals surface area contributed by atoms with Crippen molar-refractivity contribution in [1.82, 2.24) is 10.2 Å². The third kappa shape index (κ3) is 4.92. The molecule has 1 N–H and O–H groups in total. The van der Waals surface area contributed by atoms with Gasteiger partial charge in [-0.25, -0.2) is 4.39 Å². The highest BCUT2D eigenvalue weighted by molar-refractivity contribution is 5.91. The monoisotopic (exact) mass is 450 g/mol. The zero-order chi connectivity index (χ0) is 23.4. The zero-order valence-electron chi connectivity index (χ0n) is 18.8. The van der Waals surface area contributed by atoms with E-state index >= 15 is 0 Å². The average molecular weight is 451 g/mol. The number of ether oxygens (including phenoxy) is 1. The highest BCUT2D eigenvalue weighted by Crippen LogP contribution is 2.37. The van der Waals surface area contributed by atoms with Gasteiger partial charge in [0, 0.05) is 19.5 Å². The predicted octanol–water partition coefficient (Wildman–Crippen LogP) is 4.63. The molecule has 172 valence electrons. The maximum absolute atomic E-state index is 14.0. The van der Waals surface area contributed by atoms with E-state index in [-0.39, 0.29) is 36.0 Å². The lowest BCUT2D eigenvalue weighted by atomic mass is 9.87. The van der Waals surface area contributed by atoms with E-state index in [2.05, 4.69) is 5.32 Å². The lowest BCUT2D eigenvalue weighted by Gasteiger charge is -2.38. The van der Waals surface area contributed by atoms with Crippen LogP contribution in [-0.4, -0.2) is 29.8 Å². The summed E-state index contributed by atoms with van der Waals surface area (Å²) in [5.74, 6) is 0.790. The molecule has 3 aromatic rings. The van der Waals surface area contributed by atoms with Gasteiger partial charge >= 0.3 is 0 Å². The molecule has 0 saturated carbocycles. The summed E-state index contributed by atoms with van der Waals surface area (Å²) >= 11 is 0. The molecule has 7 heteroatoms. The number of rotatable bonds is 7. The Morgan fingerprint density at radius 1 is 1.15 bits per heavy atom. The van der Waals surface area contributed by atoms with Gasteiger partial charge in [0.05, 0.1) is 6.04 Å². The molecule has 0 radical (unpaired) electrons. The summed E-state index contributed by atoms with van der Waals surface area (Å²) < 4.78 is 25.5. The summed E-state index contributed by atoms with van der Waals surface area (Å²) in [6.07, 6.45) is 1.10. The van der Waals surface area contributed by atoms with Gasteiger partial charge in [0.25, 0.3) is 5.91 Å². The number of hydrogen-bond acceptors (Lipinski definition) is 4. The number of nitrogens with zero attached hydrogens (tertiary/aromatic N) is 1. The summed E-state index contributed by atoms with van der Waals surface area (Å²) in [4.78, 5) is 26.4. The molecule has 2 amide bonds. The molecule has 0 fully saturated rings. The molecule has 0 unspecified atom stereocenters. The minimum atomic E-state index is -0.381. The Labute approximate surface area is 192 Å². The van der Waals surface area contributed by atoms with E-state index in [1.54, 1.807) is 18.2 Å². The average Bonchev–Trinajstić information content (AvgIpc) is 3.31. The quantitative estimate of drug-likeness (QED) is 0.570. The fourth-order valence-electron chi connectivity index (χ4n) is 4.17. The number of fused-ring (bicyclic) bond motifs is 1. The zero-order valence-corrected chi connectivity index (χ0v) is 18.8. The van der Waals surface area contributed by atoms with E-state index in [0.717, 1.165) is 23.1 Å². The molecule has 0 saturated heterocycles. The van der Waals surface area contributed by atoms with Crippen LogP contribution in [0.15, 0.2) is 59.0 Å². The molecule has 2 heterocycles. The van der Waals surface area contributed by atoms with Crippen molar-refractivity contribution in [3.63, 3.8) is 0 Å². The third-order valence-electron chi connectivity index (χ3n) is 5.74. The Morgan fingerprint density at radius 3 is 2.76 bits per heavy atom. The maximum Gasteiger partial charge on any atom is 0.286 e. The van der Waals surface area contributed by atoms with Crippen molar-refractivity contribution in [3.8, 4) is 5.75 Å². The third-order valence-corrected chi connectivity index (χ3v) is 5.74. The summed E-state index contributed by atoms with van der Waals surface area (Å²) in [6.45, 7) is 4.92. The number of nitrogens with one attached hydrogen (secondary N) is 1. The summed E-state index contributed by atoms with van der Waals surface area (Å²) in [5.41, 5.74) is 2.76. The molecule has 2 aromatic carbocycles. The number of carbonyl (C=O) groups excluding carboxylic acids is 2. The summed E-state index contributed by atoms with van der Waals surface area (Å²) in [6, 6.07) is 15.1. The van der Waals surface area contributed by atoms with Gasteiger partial charge in [-0.1, -0.05) is 25.1 Å². The van der Waals surface area contributed by atoms with Crippen LogP contribution in [0.5, 0.6) is 5.75 Å². The summed E-state index contributed by atoms with van der Waals surface area (Å²) in [5, 5.41) is 2.69. The van der Waals surface area contributed by atoms with E-state index in [0.29, 0.717) is 31.0 Å². The molecule has 0 spiro atoms. The number of amides is 2. The van der Waals surface area contributed by atoms with Gasteiger partial charge in [-0.05, 0) is 66.4 Å². The van der Waals surface area contributed by atoms with E-state index in [1.807, 2.05) is 43.0 Å². The standard InChI is InChI=1S/C26H27FN2O4/c1-3-24(30)29-13-12-17-8-9-20(15-22(17)25(29)18-6-5-7-19(27)14-18)32-16-21-10-11-23(33-21)26(31)28-4-2/h5-11,14-15,25H,3-4,12-13,16H2,1-2H3,(H,28,31)/t25-/m0/s1. The Morgan fingerprint density at radius 2 is 2.00 bits per heavy atom. The van der Waals surface area contributed by atoms with E-state index in [1.165, 1.54) is 12.1 Å². The first-order valence-electron chi connectivity index (χ1n) is 11.2. The first-order chi connectivity index (χ1) is 16.0. The lowest BCUT2D eigenvalue weighted by molar-refractivity contribution is -0.132. The van der Waals surface area contributed by atoms with Crippen LogP contribution >= 0.6 is 0 Å². The molecular formula is C26H27FN2O4. The topological polar surface area (TPSA) is 71.8 Å². The van der Waals surface area contributed by atoms with Crippen molar-refractivity contribution in [2.24, 2.45) is 0 Å². The van der Waals surface area contributed by atoms with E-state index in [9.17, 15) is 14.0 Å². The van der Waals surface area contributed by atoms with Crippen molar-refractivity contribution in [2.75, 3.05) is 13.1 Å². The largest absolute Gasteiger partial charge is 0.486 e. The van der Waals surface area contributed by atoms with Crippen molar-refractivity contribution >= 4 is 11.8 Å². The van der Waals surface area contributed by atoms with Crippen LogP contribution in [0.2, 0.25) is 0 Å². The first-order valence-corrected chi connectivity index (χ1v) is 11.2. The van der Waals surface area contributed by atoms with E-state index < -0.39 is 0 Å². The Bertz CT molecular complexity index is 1160. The van der Waals surface area contributed by atoms with Crippen molar-refractivity contribution in [1.29, 1.82) is 0 Å². The van der Waals surface area contributed by atoms with E-state index in [4.69, 9.17) is 9.15 Å². The van der Waals surface area contributed by atoms with Crippen molar-refractivity contribution in [2.45, 2.75) is 39.3 Å². The Hall–Kier alpha value is -3.61. The Kier molecular flexibility index (Phi) is 6.77. The molecule has 6 nitrogen and oxygen atoms in total. The number of furan rings is 1. The number of benzene rings is 2. The van der Waals surface area contributed by atoms with Crippen molar-refractivity contribution < 1.29 is 23.1 Å². The van der Waals surface area contributed by atoms with Gasteiger partial charge in [0.2, 0.25) is 5.91 Å². The number of halogens is 1. The van der Waals surface area contributed by atoms with Gasteiger partial charge < -0.3 is 19.4 Å². The normalized spacial score (nSPS) is 15.1. The minimum Gasteiger partial charge on any atom is -0.486 e. The highest BCUT2D eigenvalue weighted by atomic mass is 19.1. The van der Waals surface area contributed by atoms with Gasteiger partial charge in [-0.2, -0.15) is 0 Å². The Balaban J connectivity index is 1.60. The SMILES string of the molecule is CCNC(=O)c1ccc(COc2ccc3c(c2)[C@H](c2cccc(F)c2)N(C(=O)CC)CC3)o1. The molecule has 1 atom stereocenters. The molecule has 1 aromatic heterocycles. The maximum atomic E-state index is 14.0. The van der Waals surface area contributed by atoms with Crippen LogP contribution in [0.3, 0.4) is 0 Å². The van der Waals surface area contributed by atoms with Crippen LogP contribution in [-0.2, 0) is 17.8 Å². The number of carbonyl (C=O) groups is 2. The van der Waals surface area contributed by atoms with Gasteiger partial charge in [0.1, 0.15) is 23.9 Å². The minimum absolute atomic E-state index is 0.0229. The molecule has 0 bridgehead atoms. The molecule has 0 aliphatic carbocycles. The van der Waals surface area contributed by atoms with Crippen LogP contribution in [0, 0.1) is 5.82 Å².